The summed E-state index contributed by atoms with van der Waals surface area (Å²) >= 11 is 0. The third kappa shape index (κ3) is 37.0. The van der Waals surface area contributed by atoms with Crippen molar-refractivity contribution in [3.05, 3.63) is 18.2 Å². The zero-order chi connectivity index (χ0) is 45.7. The van der Waals surface area contributed by atoms with Crippen molar-refractivity contribution in [3.63, 3.8) is 0 Å². The topological polar surface area (TPSA) is 73.7 Å². The van der Waals surface area contributed by atoms with Crippen LogP contribution in [0.2, 0.25) is 0 Å². The molecule has 7 nitrogen and oxygen atoms in total. The zero-order valence-corrected chi connectivity index (χ0v) is 42.9. The predicted octanol–water partition coefficient (Wildman–Crippen LogP) is 17.2. The van der Waals surface area contributed by atoms with Crippen LogP contribution in [0, 0.1) is 0 Å². The van der Waals surface area contributed by atoms with Crippen LogP contribution in [0.25, 0.3) is 0 Å². The van der Waals surface area contributed by atoms with Crippen LogP contribution in [0.1, 0.15) is 297 Å². The summed E-state index contributed by atoms with van der Waals surface area (Å²) in [5.41, 5.74) is 0. The molecule has 0 spiro atoms. The van der Waals surface area contributed by atoms with E-state index in [2.05, 4.69) is 50.3 Å². The van der Waals surface area contributed by atoms with Crippen LogP contribution < -0.4 is 0 Å². The maximum atomic E-state index is 12.9. The lowest BCUT2D eigenvalue weighted by Gasteiger charge is -2.22. The average Bonchev–Trinajstić information content (AvgIpc) is 3.74. The highest BCUT2D eigenvalue weighted by molar-refractivity contribution is 5.69. The quantitative estimate of drug-likeness (QED) is 0.0479. The number of aryl methyl sites for hydroxylation is 1. The Morgan fingerprint density at radius 1 is 0.460 bits per heavy atom. The minimum atomic E-state index is 0.0285. The molecule has 370 valence electrons. The Labute approximate surface area is 392 Å². The number of rotatable bonds is 49. The van der Waals surface area contributed by atoms with Gasteiger partial charge in [-0.05, 0) is 97.1 Å². The summed E-state index contributed by atoms with van der Waals surface area (Å²) in [4.78, 5) is 33.1. The first-order valence-electron chi connectivity index (χ1n) is 28.1. The van der Waals surface area contributed by atoms with E-state index in [4.69, 9.17) is 14.5 Å². The van der Waals surface area contributed by atoms with E-state index in [1.807, 2.05) is 6.20 Å². The molecular formula is C56H107N3O4. The van der Waals surface area contributed by atoms with Gasteiger partial charge in [0, 0.05) is 31.8 Å². The van der Waals surface area contributed by atoms with Crippen molar-refractivity contribution in [3.8, 4) is 0 Å². The van der Waals surface area contributed by atoms with Gasteiger partial charge < -0.3 is 14.0 Å². The van der Waals surface area contributed by atoms with Crippen LogP contribution in [0.15, 0.2) is 12.4 Å². The maximum Gasteiger partial charge on any atom is 0.306 e. The second-order valence-corrected chi connectivity index (χ2v) is 19.4. The molecule has 0 aliphatic rings. The van der Waals surface area contributed by atoms with Gasteiger partial charge in [-0.2, -0.15) is 0 Å². The summed E-state index contributed by atoms with van der Waals surface area (Å²) in [5.74, 6) is 1.22. The largest absolute Gasteiger partial charge is 0.462 e. The predicted molar refractivity (Wildman–Crippen MR) is 270 cm³/mol. The first-order chi connectivity index (χ1) is 31.0. The standard InChI is InChI=1S/C56H107N3O4/c1-6-11-15-19-25-33-41-52(42-34-26-20-16-12-7-2)62-55(60)45-37-29-23-31-39-48-58(51-54-57-47-50-59(54)10-5)49-40-32-24-30-38-46-56(61)63-53(43-35-27-21-17-13-8-3)44-36-28-22-18-14-9-4/h47,50,52-53H,6-46,48-49,51H2,1-5H3. The minimum Gasteiger partial charge on any atom is -0.462 e. The molecule has 0 amide bonds. The number of ether oxygens (including phenoxy) is 2. The van der Waals surface area contributed by atoms with Crippen molar-refractivity contribution in [2.45, 2.75) is 317 Å². The SMILES string of the molecule is CCCCCCCCC(CCCCCCCC)OC(=O)CCCCCCCN(CCCCCCCC(=O)OC(CCCCCCCC)CCCCCCCC)Cc1nccn1CC. The number of carbonyl (C=O) groups is 2. The lowest BCUT2D eigenvalue weighted by Crippen LogP contribution is -2.27. The van der Waals surface area contributed by atoms with Gasteiger partial charge >= 0.3 is 11.9 Å². The van der Waals surface area contributed by atoms with Crippen molar-refractivity contribution >= 4 is 11.9 Å². The van der Waals surface area contributed by atoms with Gasteiger partial charge in [-0.1, -0.05) is 195 Å². The molecule has 0 saturated carbocycles. The Morgan fingerprint density at radius 2 is 0.778 bits per heavy atom. The fourth-order valence-electron chi connectivity index (χ4n) is 9.14. The molecule has 0 atom stereocenters. The van der Waals surface area contributed by atoms with Crippen molar-refractivity contribution in [1.29, 1.82) is 0 Å². The average molecular weight is 886 g/mol. The van der Waals surface area contributed by atoms with Gasteiger partial charge in [0.2, 0.25) is 0 Å². The van der Waals surface area contributed by atoms with Crippen LogP contribution in [-0.2, 0) is 32.2 Å². The van der Waals surface area contributed by atoms with Gasteiger partial charge in [0.25, 0.3) is 0 Å². The number of esters is 2. The van der Waals surface area contributed by atoms with Crippen LogP contribution >= 0.6 is 0 Å². The summed E-state index contributed by atoms with van der Waals surface area (Å²) in [6, 6.07) is 0. The van der Waals surface area contributed by atoms with Crippen LogP contribution in [0.4, 0.5) is 0 Å². The molecule has 0 N–H and O–H groups in total. The summed E-state index contributed by atoms with van der Waals surface area (Å²) in [6.45, 7) is 15.3. The molecule has 1 aromatic rings. The molecule has 63 heavy (non-hydrogen) atoms. The summed E-state index contributed by atoms with van der Waals surface area (Å²) < 4.78 is 14.5. The van der Waals surface area contributed by atoms with E-state index in [1.165, 1.54) is 193 Å². The molecule has 0 bridgehead atoms. The maximum absolute atomic E-state index is 12.9. The second kappa shape index (κ2) is 45.3. The van der Waals surface area contributed by atoms with Crippen molar-refractivity contribution in [2.75, 3.05) is 13.1 Å². The first-order valence-corrected chi connectivity index (χ1v) is 28.1. The van der Waals surface area contributed by atoms with E-state index in [9.17, 15) is 9.59 Å². The smallest absolute Gasteiger partial charge is 0.306 e. The summed E-state index contributed by atoms with van der Waals surface area (Å²) in [7, 11) is 0. The number of hydrogen-bond acceptors (Lipinski definition) is 6. The van der Waals surface area contributed by atoms with Crippen molar-refractivity contribution < 1.29 is 19.1 Å². The van der Waals surface area contributed by atoms with E-state index in [1.54, 1.807) is 0 Å². The number of aromatic nitrogens is 2. The Kier molecular flexibility index (Phi) is 42.5. The number of unbranched alkanes of at least 4 members (excludes halogenated alkanes) is 28. The van der Waals surface area contributed by atoms with Gasteiger partial charge in [0.05, 0.1) is 6.54 Å². The Hall–Kier alpha value is -1.89. The van der Waals surface area contributed by atoms with Gasteiger partial charge in [0.1, 0.15) is 18.0 Å². The Morgan fingerprint density at radius 3 is 1.13 bits per heavy atom. The van der Waals surface area contributed by atoms with E-state index < -0.39 is 0 Å². The Bertz CT molecular complexity index is 1030. The summed E-state index contributed by atoms with van der Waals surface area (Å²) in [6.07, 6.45) is 51.6. The molecule has 1 rings (SSSR count). The number of hydrogen-bond donors (Lipinski definition) is 0. The van der Waals surface area contributed by atoms with Gasteiger partial charge in [-0.3, -0.25) is 14.5 Å². The number of nitrogens with zero attached hydrogens (tertiary/aromatic N) is 3. The monoisotopic (exact) mass is 886 g/mol. The number of carbonyl (C=O) groups excluding carboxylic acids is 2. The molecular weight excluding hydrogens is 779 g/mol. The molecule has 0 unspecified atom stereocenters. The van der Waals surface area contributed by atoms with Crippen LogP contribution in [0.5, 0.6) is 0 Å². The summed E-state index contributed by atoms with van der Waals surface area (Å²) in [5, 5.41) is 0. The van der Waals surface area contributed by atoms with Gasteiger partial charge in [-0.15, -0.1) is 0 Å². The fraction of sp³-hybridized carbons (Fsp3) is 0.911. The molecule has 0 radical (unpaired) electrons. The molecule has 1 heterocycles. The van der Waals surface area contributed by atoms with E-state index in [-0.39, 0.29) is 24.1 Å². The van der Waals surface area contributed by atoms with Crippen molar-refractivity contribution in [1.82, 2.24) is 14.5 Å². The molecule has 0 saturated heterocycles. The zero-order valence-electron chi connectivity index (χ0n) is 42.9. The van der Waals surface area contributed by atoms with Crippen molar-refractivity contribution in [2.24, 2.45) is 0 Å². The lowest BCUT2D eigenvalue weighted by atomic mass is 10.0. The fourth-order valence-corrected chi connectivity index (χ4v) is 9.14. The third-order valence-corrected chi connectivity index (χ3v) is 13.3. The lowest BCUT2D eigenvalue weighted by molar-refractivity contribution is -0.151. The van der Waals surface area contributed by atoms with Gasteiger partial charge in [0.15, 0.2) is 0 Å². The van der Waals surface area contributed by atoms with Gasteiger partial charge in [-0.25, -0.2) is 4.98 Å². The van der Waals surface area contributed by atoms with E-state index in [0.29, 0.717) is 12.8 Å². The highest BCUT2D eigenvalue weighted by Crippen LogP contribution is 2.21. The molecule has 0 aliphatic heterocycles. The normalized spacial score (nSPS) is 11.7. The molecule has 0 fully saturated rings. The molecule has 0 aliphatic carbocycles. The molecule has 0 aromatic carbocycles. The van der Waals surface area contributed by atoms with E-state index in [0.717, 1.165) is 83.4 Å². The first kappa shape index (κ1) is 59.1. The Balaban J connectivity index is 2.41. The second-order valence-electron chi connectivity index (χ2n) is 19.4. The van der Waals surface area contributed by atoms with Crippen LogP contribution in [0.3, 0.4) is 0 Å². The number of imidazole rings is 1. The highest BCUT2D eigenvalue weighted by atomic mass is 16.5. The highest BCUT2D eigenvalue weighted by Gasteiger charge is 2.16. The molecule has 1 aromatic heterocycles. The van der Waals surface area contributed by atoms with E-state index >= 15 is 0 Å². The minimum absolute atomic E-state index is 0.0285. The van der Waals surface area contributed by atoms with Crippen LogP contribution in [-0.4, -0.2) is 51.7 Å². The molecule has 7 heteroatoms. The third-order valence-electron chi connectivity index (χ3n) is 13.3.